The highest BCUT2D eigenvalue weighted by Crippen LogP contribution is 2.43. The van der Waals surface area contributed by atoms with Crippen LogP contribution in [-0.4, -0.2) is 19.5 Å². The third-order valence-corrected chi connectivity index (χ3v) is 4.76. The van der Waals surface area contributed by atoms with Crippen molar-refractivity contribution in [3.63, 3.8) is 0 Å². The van der Waals surface area contributed by atoms with Crippen LogP contribution in [0.3, 0.4) is 0 Å². The summed E-state index contributed by atoms with van der Waals surface area (Å²) in [4.78, 5) is 11.7. The summed E-state index contributed by atoms with van der Waals surface area (Å²) < 4.78 is 0. The Balaban J connectivity index is 1.67. The minimum Gasteiger partial charge on any atom is -0.384 e. The van der Waals surface area contributed by atoms with Crippen molar-refractivity contribution in [1.29, 1.82) is 0 Å². The van der Waals surface area contributed by atoms with E-state index in [1.165, 1.54) is 12.8 Å². The van der Waals surface area contributed by atoms with Crippen molar-refractivity contribution in [2.75, 3.05) is 18.9 Å². The molecule has 3 rings (SSSR count). The quantitative estimate of drug-likeness (QED) is 0.835. The molecule has 2 N–H and O–H groups in total. The number of nitrogens with one attached hydrogen (secondary N) is 2. The van der Waals surface area contributed by atoms with Gasteiger partial charge in [0.15, 0.2) is 0 Å². The lowest BCUT2D eigenvalue weighted by molar-refractivity contribution is 0.0963. The Kier molecular flexibility index (Phi) is 3.70. The van der Waals surface area contributed by atoms with E-state index in [9.17, 15) is 4.79 Å². The lowest BCUT2D eigenvalue weighted by atomic mass is 9.93. The number of halogens is 1. The van der Waals surface area contributed by atoms with Crippen molar-refractivity contribution in [3.8, 4) is 0 Å². The zero-order valence-corrected chi connectivity index (χ0v) is 12.3. The normalized spacial score (nSPS) is 26.8. The Hall–Kier alpha value is -1.48. The van der Waals surface area contributed by atoms with Crippen molar-refractivity contribution in [3.05, 3.63) is 40.9 Å². The van der Waals surface area contributed by atoms with Crippen LogP contribution in [0, 0.1) is 17.8 Å². The van der Waals surface area contributed by atoms with E-state index in [0.29, 0.717) is 22.4 Å². The van der Waals surface area contributed by atoms with Gasteiger partial charge in [-0.2, -0.15) is 0 Å². The van der Waals surface area contributed by atoms with Crippen LogP contribution in [0.2, 0.25) is 5.02 Å². The topological polar surface area (TPSA) is 41.1 Å². The van der Waals surface area contributed by atoms with Gasteiger partial charge < -0.3 is 10.6 Å². The fourth-order valence-corrected chi connectivity index (χ4v) is 3.50. The molecule has 2 bridgehead atoms. The molecule has 3 unspecified atom stereocenters. The second kappa shape index (κ2) is 5.49. The number of rotatable bonds is 4. The van der Waals surface area contributed by atoms with Crippen LogP contribution in [0.4, 0.5) is 5.69 Å². The molecule has 2 aliphatic rings. The molecule has 0 spiro atoms. The van der Waals surface area contributed by atoms with Gasteiger partial charge in [0.05, 0.1) is 10.7 Å². The summed E-state index contributed by atoms with van der Waals surface area (Å²) in [6, 6.07) is 5.34. The Morgan fingerprint density at radius 2 is 2.20 bits per heavy atom. The van der Waals surface area contributed by atoms with Gasteiger partial charge in [0, 0.05) is 19.2 Å². The van der Waals surface area contributed by atoms with Crippen molar-refractivity contribution in [1.82, 2.24) is 5.32 Å². The Bertz CT molecular complexity index is 555. The number of hydrogen-bond donors (Lipinski definition) is 2. The number of carbonyl (C=O) groups is 1. The number of benzene rings is 1. The Morgan fingerprint density at radius 1 is 1.35 bits per heavy atom. The Morgan fingerprint density at radius 3 is 2.85 bits per heavy atom. The molecule has 20 heavy (non-hydrogen) atoms. The molecule has 1 aromatic carbocycles. The molecular weight excluding hydrogens is 272 g/mol. The van der Waals surface area contributed by atoms with Gasteiger partial charge in [-0.3, -0.25) is 4.79 Å². The van der Waals surface area contributed by atoms with Crippen LogP contribution in [0.25, 0.3) is 0 Å². The summed E-state index contributed by atoms with van der Waals surface area (Å²) in [6.45, 7) is 0.919. The SMILES string of the molecule is CNC(=O)c1ccc(Cl)c(NCC2CC3C=CC2C3)c1. The van der Waals surface area contributed by atoms with Crippen molar-refractivity contribution in [2.24, 2.45) is 17.8 Å². The number of fused-ring (bicyclic) bond motifs is 2. The van der Waals surface area contributed by atoms with E-state index in [-0.39, 0.29) is 5.91 Å². The first kappa shape index (κ1) is 13.5. The molecule has 4 heteroatoms. The maximum Gasteiger partial charge on any atom is 0.251 e. The summed E-state index contributed by atoms with van der Waals surface area (Å²) in [5.74, 6) is 2.09. The maximum atomic E-state index is 11.7. The fraction of sp³-hybridized carbons (Fsp3) is 0.438. The van der Waals surface area contributed by atoms with Crippen LogP contribution < -0.4 is 10.6 Å². The number of anilines is 1. The van der Waals surface area contributed by atoms with E-state index in [1.54, 1.807) is 19.2 Å². The van der Waals surface area contributed by atoms with E-state index in [4.69, 9.17) is 11.6 Å². The lowest BCUT2D eigenvalue weighted by Crippen LogP contribution is -2.20. The lowest BCUT2D eigenvalue weighted by Gasteiger charge is -2.20. The molecule has 0 saturated heterocycles. The largest absolute Gasteiger partial charge is 0.384 e. The van der Waals surface area contributed by atoms with Crippen molar-refractivity contribution < 1.29 is 4.79 Å². The molecule has 0 radical (unpaired) electrons. The van der Waals surface area contributed by atoms with Crippen LogP contribution in [0.15, 0.2) is 30.4 Å². The average molecular weight is 291 g/mol. The van der Waals surface area contributed by atoms with Crippen LogP contribution in [0.1, 0.15) is 23.2 Å². The Labute approximate surface area is 124 Å². The molecule has 0 aromatic heterocycles. The van der Waals surface area contributed by atoms with Gasteiger partial charge in [0.2, 0.25) is 0 Å². The number of allylic oxidation sites excluding steroid dienone is 2. The highest BCUT2D eigenvalue weighted by atomic mass is 35.5. The molecular formula is C16H19ClN2O. The smallest absolute Gasteiger partial charge is 0.251 e. The van der Waals surface area contributed by atoms with Gasteiger partial charge in [-0.25, -0.2) is 0 Å². The minimum absolute atomic E-state index is 0.0902. The van der Waals surface area contributed by atoms with E-state index < -0.39 is 0 Å². The standard InChI is InChI=1S/C16H19ClN2O/c1-18-16(20)12-4-5-14(17)15(8-12)19-9-13-7-10-2-3-11(13)6-10/h2-5,8,10-11,13,19H,6-7,9H2,1H3,(H,18,20). The summed E-state index contributed by atoms with van der Waals surface area (Å²) in [7, 11) is 1.63. The van der Waals surface area contributed by atoms with E-state index in [1.807, 2.05) is 6.07 Å². The van der Waals surface area contributed by atoms with E-state index in [2.05, 4.69) is 22.8 Å². The molecule has 0 aliphatic heterocycles. The predicted octanol–water partition coefficient (Wildman–Crippen LogP) is 3.32. The number of hydrogen-bond acceptors (Lipinski definition) is 2. The summed E-state index contributed by atoms with van der Waals surface area (Å²) in [5.41, 5.74) is 1.48. The molecule has 3 nitrogen and oxygen atoms in total. The van der Waals surface area contributed by atoms with Gasteiger partial charge in [-0.15, -0.1) is 0 Å². The average Bonchev–Trinajstić information content (AvgIpc) is 3.08. The molecule has 2 aliphatic carbocycles. The number of carbonyl (C=O) groups excluding carboxylic acids is 1. The molecule has 1 fully saturated rings. The molecule has 1 saturated carbocycles. The second-order valence-corrected chi connectivity index (χ2v) is 6.10. The first-order valence-corrected chi connectivity index (χ1v) is 7.49. The van der Waals surface area contributed by atoms with Gasteiger partial charge in [-0.1, -0.05) is 23.8 Å². The first-order chi connectivity index (χ1) is 9.67. The highest BCUT2D eigenvalue weighted by Gasteiger charge is 2.35. The first-order valence-electron chi connectivity index (χ1n) is 7.11. The van der Waals surface area contributed by atoms with Gasteiger partial charge >= 0.3 is 0 Å². The molecule has 1 amide bonds. The van der Waals surface area contributed by atoms with Crippen LogP contribution >= 0.6 is 11.6 Å². The summed E-state index contributed by atoms with van der Waals surface area (Å²) in [6.07, 6.45) is 7.27. The maximum absolute atomic E-state index is 11.7. The van der Waals surface area contributed by atoms with Crippen LogP contribution in [-0.2, 0) is 0 Å². The third-order valence-electron chi connectivity index (χ3n) is 4.43. The van der Waals surface area contributed by atoms with E-state index in [0.717, 1.165) is 18.2 Å². The summed E-state index contributed by atoms with van der Waals surface area (Å²) >= 11 is 6.20. The van der Waals surface area contributed by atoms with Gasteiger partial charge in [0.1, 0.15) is 0 Å². The molecule has 106 valence electrons. The monoisotopic (exact) mass is 290 g/mol. The zero-order chi connectivity index (χ0) is 14.1. The van der Waals surface area contributed by atoms with E-state index >= 15 is 0 Å². The van der Waals surface area contributed by atoms with Crippen molar-refractivity contribution in [2.45, 2.75) is 12.8 Å². The highest BCUT2D eigenvalue weighted by molar-refractivity contribution is 6.33. The van der Waals surface area contributed by atoms with Gasteiger partial charge in [-0.05, 0) is 48.8 Å². The second-order valence-electron chi connectivity index (χ2n) is 5.69. The third kappa shape index (κ3) is 2.55. The number of amides is 1. The summed E-state index contributed by atoms with van der Waals surface area (Å²) in [5, 5.41) is 6.70. The molecule has 1 aromatic rings. The van der Waals surface area contributed by atoms with Crippen LogP contribution in [0.5, 0.6) is 0 Å². The fourth-order valence-electron chi connectivity index (χ4n) is 3.32. The minimum atomic E-state index is -0.0902. The molecule has 3 atom stereocenters. The predicted molar refractivity (Wildman–Crippen MR) is 82.2 cm³/mol. The zero-order valence-electron chi connectivity index (χ0n) is 11.5. The van der Waals surface area contributed by atoms with Gasteiger partial charge in [0.25, 0.3) is 5.91 Å². The molecule has 0 heterocycles. The van der Waals surface area contributed by atoms with Crippen molar-refractivity contribution >= 4 is 23.2 Å².